The lowest BCUT2D eigenvalue weighted by Crippen LogP contribution is -2.41. The lowest BCUT2D eigenvalue weighted by Gasteiger charge is -2.32. The summed E-state index contributed by atoms with van der Waals surface area (Å²) in [4.78, 5) is 32.5. The van der Waals surface area contributed by atoms with Crippen molar-refractivity contribution in [2.45, 2.75) is 45.7 Å². The van der Waals surface area contributed by atoms with Crippen molar-refractivity contribution in [3.05, 3.63) is 64.7 Å². The fourth-order valence-corrected chi connectivity index (χ4v) is 6.61. The Labute approximate surface area is 237 Å². The lowest BCUT2D eigenvalue weighted by molar-refractivity contribution is -0.133. The Morgan fingerprint density at radius 1 is 0.949 bits per heavy atom. The van der Waals surface area contributed by atoms with Crippen molar-refractivity contribution in [3.8, 4) is 0 Å². The van der Waals surface area contributed by atoms with Gasteiger partial charge in [-0.25, -0.2) is 12.7 Å². The summed E-state index contributed by atoms with van der Waals surface area (Å²) in [5, 5.41) is 0.568. The molecule has 0 aliphatic carbocycles. The number of hydrogen-bond acceptors (Lipinski definition) is 5. The second-order valence-electron chi connectivity index (χ2n) is 10.7. The Balaban J connectivity index is 1.56. The number of carbonyl (C=O) groups is 2. The molecule has 1 saturated heterocycles. The Kier molecular flexibility index (Phi) is 10.0. The molecule has 10 heteroatoms. The fraction of sp³-hybridized carbons (Fsp3) is 0.517. The van der Waals surface area contributed by atoms with Gasteiger partial charge in [-0.3, -0.25) is 14.5 Å². The lowest BCUT2D eigenvalue weighted by atomic mass is 9.94. The number of fused-ring (bicyclic) bond motifs is 1. The van der Waals surface area contributed by atoms with Crippen LogP contribution in [0.3, 0.4) is 0 Å². The molecule has 0 N–H and O–H groups in total. The van der Waals surface area contributed by atoms with Gasteiger partial charge in [0.25, 0.3) is 0 Å². The van der Waals surface area contributed by atoms with Gasteiger partial charge < -0.3 is 9.80 Å². The molecule has 0 saturated carbocycles. The number of benzene rings is 2. The van der Waals surface area contributed by atoms with Crippen LogP contribution in [0.5, 0.6) is 0 Å². The van der Waals surface area contributed by atoms with Crippen LogP contribution in [0, 0.1) is 5.92 Å². The van der Waals surface area contributed by atoms with Crippen molar-refractivity contribution in [1.82, 2.24) is 14.1 Å². The van der Waals surface area contributed by atoms with Crippen LogP contribution in [0.4, 0.5) is 5.69 Å². The van der Waals surface area contributed by atoms with Gasteiger partial charge in [0.15, 0.2) is 0 Å². The highest BCUT2D eigenvalue weighted by molar-refractivity contribution is 7.88. The maximum absolute atomic E-state index is 13.7. The minimum Gasteiger partial charge on any atom is -0.337 e. The van der Waals surface area contributed by atoms with E-state index in [0.29, 0.717) is 63.6 Å². The second-order valence-corrected chi connectivity index (χ2v) is 13.1. The Morgan fingerprint density at radius 3 is 2.33 bits per heavy atom. The molecule has 39 heavy (non-hydrogen) atoms. The fourth-order valence-electron chi connectivity index (χ4n) is 5.54. The minimum absolute atomic E-state index is 0.0389. The molecule has 0 spiro atoms. The van der Waals surface area contributed by atoms with E-state index < -0.39 is 10.0 Å². The standard InChI is InChI=1S/C29H39ClN4O4S/c1-23(35)34-14-6-13-31(21-25-7-4-3-5-8-25)17-18-32(22-26-20-27(30)9-10-28(26)34)29(36)19-24-11-15-33(16-12-24)39(2,37)38/h3-5,7-10,20,24H,6,11-19,21-22H2,1-2H3. The van der Waals surface area contributed by atoms with Crippen LogP contribution in [0.2, 0.25) is 5.02 Å². The van der Waals surface area contributed by atoms with Crippen LogP contribution in [0.25, 0.3) is 0 Å². The molecule has 0 bridgehead atoms. The number of rotatable bonds is 5. The van der Waals surface area contributed by atoms with E-state index in [4.69, 9.17) is 11.6 Å². The number of carbonyl (C=O) groups excluding carboxylic acids is 2. The van der Waals surface area contributed by atoms with E-state index >= 15 is 0 Å². The molecule has 1 fully saturated rings. The van der Waals surface area contributed by atoms with Crippen molar-refractivity contribution >= 4 is 39.1 Å². The molecule has 2 amide bonds. The molecule has 2 heterocycles. The van der Waals surface area contributed by atoms with Gasteiger partial charge in [-0.05, 0) is 54.5 Å². The predicted molar refractivity (Wildman–Crippen MR) is 155 cm³/mol. The molecule has 2 aromatic rings. The van der Waals surface area contributed by atoms with Gasteiger partial charge >= 0.3 is 0 Å². The van der Waals surface area contributed by atoms with Crippen LogP contribution in [0.15, 0.2) is 48.5 Å². The van der Waals surface area contributed by atoms with E-state index in [9.17, 15) is 18.0 Å². The van der Waals surface area contributed by atoms with E-state index in [0.717, 1.165) is 30.8 Å². The molecule has 8 nitrogen and oxygen atoms in total. The van der Waals surface area contributed by atoms with Gasteiger partial charge in [-0.1, -0.05) is 41.9 Å². The number of anilines is 1. The van der Waals surface area contributed by atoms with E-state index in [1.807, 2.05) is 35.2 Å². The molecular formula is C29H39ClN4O4S. The SMILES string of the molecule is CC(=O)N1CCCN(Cc2ccccc2)CCN(C(=O)CC2CCN(S(C)(=O)=O)CC2)Cc2cc(Cl)ccc21. The molecule has 0 radical (unpaired) electrons. The van der Waals surface area contributed by atoms with Gasteiger partial charge in [0.1, 0.15) is 0 Å². The Morgan fingerprint density at radius 2 is 1.67 bits per heavy atom. The van der Waals surface area contributed by atoms with Gasteiger partial charge in [-0.2, -0.15) is 0 Å². The maximum atomic E-state index is 13.7. The summed E-state index contributed by atoms with van der Waals surface area (Å²) < 4.78 is 25.3. The normalized spacial score (nSPS) is 18.8. The molecule has 2 aromatic carbocycles. The monoisotopic (exact) mass is 574 g/mol. The summed E-state index contributed by atoms with van der Waals surface area (Å²) in [5.41, 5.74) is 2.86. The number of amides is 2. The molecule has 0 unspecified atom stereocenters. The van der Waals surface area contributed by atoms with Crippen molar-refractivity contribution in [1.29, 1.82) is 0 Å². The van der Waals surface area contributed by atoms with Crippen molar-refractivity contribution in [2.24, 2.45) is 5.92 Å². The highest BCUT2D eigenvalue weighted by atomic mass is 35.5. The Bertz CT molecular complexity index is 1250. The number of nitrogens with zero attached hydrogens (tertiary/aromatic N) is 4. The first-order valence-corrected chi connectivity index (χ1v) is 15.9. The summed E-state index contributed by atoms with van der Waals surface area (Å²) in [6.45, 7) is 6.26. The first-order valence-electron chi connectivity index (χ1n) is 13.7. The number of sulfonamides is 1. The van der Waals surface area contributed by atoms with Crippen LogP contribution in [0.1, 0.15) is 43.7 Å². The summed E-state index contributed by atoms with van der Waals surface area (Å²) in [7, 11) is -3.21. The average molecular weight is 575 g/mol. The molecule has 212 valence electrons. The zero-order valence-electron chi connectivity index (χ0n) is 22.9. The molecule has 2 aliphatic rings. The highest BCUT2D eigenvalue weighted by Crippen LogP contribution is 2.29. The number of halogens is 1. The third-order valence-corrected chi connectivity index (χ3v) is 9.26. The third-order valence-electron chi connectivity index (χ3n) is 7.72. The van der Waals surface area contributed by atoms with Crippen LogP contribution in [-0.2, 0) is 32.7 Å². The van der Waals surface area contributed by atoms with E-state index in [1.54, 1.807) is 17.9 Å². The van der Waals surface area contributed by atoms with Gasteiger partial charge in [0.2, 0.25) is 21.8 Å². The van der Waals surface area contributed by atoms with Crippen molar-refractivity contribution < 1.29 is 18.0 Å². The average Bonchev–Trinajstić information content (AvgIpc) is 2.92. The largest absolute Gasteiger partial charge is 0.337 e. The van der Waals surface area contributed by atoms with E-state index in [1.165, 1.54) is 16.1 Å². The van der Waals surface area contributed by atoms with Crippen molar-refractivity contribution in [2.75, 3.05) is 50.4 Å². The molecule has 0 atom stereocenters. The highest BCUT2D eigenvalue weighted by Gasteiger charge is 2.29. The number of piperidine rings is 1. The summed E-state index contributed by atoms with van der Waals surface area (Å²) >= 11 is 6.38. The molecule has 2 aliphatic heterocycles. The molecular weight excluding hydrogens is 536 g/mol. The zero-order valence-corrected chi connectivity index (χ0v) is 24.5. The predicted octanol–water partition coefficient (Wildman–Crippen LogP) is 3.99. The van der Waals surface area contributed by atoms with Gasteiger partial charge in [-0.15, -0.1) is 0 Å². The van der Waals surface area contributed by atoms with Crippen LogP contribution < -0.4 is 4.90 Å². The second kappa shape index (κ2) is 13.3. The topological polar surface area (TPSA) is 81.2 Å². The Hall–Kier alpha value is -2.46. The quantitative estimate of drug-likeness (QED) is 0.539. The maximum Gasteiger partial charge on any atom is 0.223 e. The summed E-state index contributed by atoms with van der Waals surface area (Å²) in [6.07, 6.45) is 3.77. The van der Waals surface area contributed by atoms with E-state index in [-0.39, 0.29) is 17.7 Å². The molecule has 0 aromatic heterocycles. The minimum atomic E-state index is -3.21. The first kappa shape index (κ1) is 29.5. The summed E-state index contributed by atoms with van der Waals surface area (Å²) in [5.74, 6) is 0.150. The van der Waals surface area contributed by atoms with Crippen LogP contribution >= 0.6 is 11.6 Å². The smallest absolute Gasteiger partial charge is 0.223 e. The molecule has 4 rings (SSSR count). The summed E-state index contributed by atoms with van der Waals surface area (Å²) in [6, 6.07) is 15.8. The van der Waals surface area contributed by atoms with Gasteiger partial charge in [0, 0.05) is 76.4 Å². The van der Waals surface area contributed by atoms with E-state index in [2.05, 4.69) is 17.0 Å². The third kappa shape index (κ3) is 8.27. The van der Waals surface area contributed by atoms with Crippen LogP contribution in [-0.4, -0.2) is 79.9 Å². The van der Waals surface area contributed by atoms with Gasteiger partial charge in [0.05, 0.1) is 6.26 Å². The first-order chi connectivity index (χ1) is 18.6. The zero-order chi connectivity index (χ0) is 28.0. The van der Waals surface area contributed by atoms with Crippen molar-refractivity contribution in [3.63, 3.8) is 0 Å². The number of hydrogen-bond donors (Lipinski definition) is 0.